The fourth-order valence-corrected chi connectivity index (χ4v) is 1.29. The van der Waals surface area contributed by atoms with Gasteiger partial charge in [0.1, 0.15) is 10.8 Å². The number of nitrogens with zero attached hydrogens (tertiary/aromatic N) is 1. The summed E-state index contributed by atoms with van der Waals surface area (Å²) in [4.78, 5) is 4.58. The second-order valence-electron chi connectivity index (χ2n) is 3.04. The normalized spacial score (nSPS) is 9.79. The van der Waals surface area contributed by atoms with E-state index in [1.807, 2.05) is 12.1 Å². The summed E-state index contributed by atoms with van der Waals surface area (Å²) in [6.45, 7) is 3.05. The predicted octanol–water partition coefficient (Wildman–Crippen LogP) is 1.93. The van der Waals surface area contributed by atoms with Crippen LogP contribution in [0.1, 0.15) is 25.3 Å². The average molecular weight is 209 g/mol. The van der Waals surface area contributed by atoms with Crippen LogP contribution in [0.4, 0.5) is 5.82 Å². The molecule has 0 unspecified atom stereocenters. The van der Waals surface area contributed by atoms with Gasteiger partial charge in [-0.2, -0.15) is 0 Å². The Kier molecular flexibility index (Phi) is 4.32. The third-order valence-corrected chi connectivity index (χ3v) is 2.12. The maximum atomic E-state index is 5.57. The summed E-state index contributed by atoms with van der Waals surface area (Å²) >= 11 is 4.93. The molecule has 0 fully saturated rings. The lowest BCUT2D eigenvalue weighted by Crippen LogP contribution is -2.14. The number of anilines is 1. The topological polar surface area (TPSA) is 50.9 Å². The van der Waals surface area contributed by atoms with Crippen molar-refractivity contribution in [1.29, 1.82) is 0 Å². The Bertz CT molecular complexity index is 312. The molecule has 0 aliphatic rings. The first-order chi connectivity index (χ1) is 6.75. The molecule has 0 atom stereocenters. The SMILES string of the molecule is CCCCNc1ncccc1C(N)=S. The standard InChI is InChI=1S/C10H15N3S/c1-2-3-6-12-10-8(9(11)14)5-4-7-13-10/h4-5,7H,2-3,6H2,1H3,(H2,11,14)(H,12,13). The van der Waals surface area contributed by atoms with Gasteiger partial charge in [0.25, 0.3) is 0 Å². The lowest BCUT2D eigenvalue weighted by atomic mass is 10.2. The molecule has 0 bridgehead atoms. The van der Waals surface area contributed by atoms with Crippen molar-refractivity contribution in [3.05, 3.63) is 23.9 Å². The largest absolute Gasteiger partial charge is 0.389 e. The lowest BCUT2D eigenvalue weighted by Gasteiger charge is -2.08. The van der Waals surface area contributed by atoms with Crippen LogP contribution < -0.4 is 11.1 Å². The number of unbranched alkanes of at least 4 members (excludes halogenated alkanes) is 1. The van der Waals surface area contributed by atoms with Crippen molar-refractivity contribution in [2.24, 2.45) is 5.73 Å². The molecule has 3 nitrogen and oxygen atoms in total. The van der Waals surface area contributed by atoms with Crippen molar-refractivity contribution >= 4 is 23.0 Å². The molecular weight excluding hydrogens is 194 g/mol. The fourth-order valence-electron chi connectivity index (χ4n) is 1.13. The predicted molar refractivity (Wildman–Crippen MR) is 63.5 cm³/mol. The van der Waals surface area contributed by atoms with Crippen LogP contribution in [0.3, 0.4) is 0 Å². The number of aromatic nitrogens is 1. The molecule has 14 heavy (non-hydrogen) atoms. The average Bonchev–Trinajstić information content (AvgIpc) is 2.19. The van der Waals surface area contributed by atoms with Gasteiger partial charge in [0.05, 0.1) is 5.56 Å². The zero-order chi connectivity index (χ0) is 10.4. The first-order valence-electron chi connectivity index (χ1n) is 4.74. The van der Waals surface area contributed by atoms with Crippen LogP contribution >= 0.6 is 12.2 Å². The minimum absolute atomic E-state index is 0.386. The van der Waals surface area contributed by atoms with Gasteiger partial charge in [-0.05, 0) is 18.6 Å². The van der Waals surface area contributed by atoms with E-state index < -0.39 is 0 Å². The van der Waals surface area contributed by atoms with Crippen molar-refractivity contribution in [2.75, 3.05) is 11.9 Å². The zero-order valence-electron chi connectivity index (χ0n) is 8.29. The van der Waals surface area contributed by atoms with Crippen molar-refractivity contribution in [3.8, 4) is 0 Å². The molecule has 76 valence electrons. The smallest absolute Gasteiger partial charge is 0.136 e. The third-order valence-electron chi connectivity index (χ3n) is 1.90. The van der Waals surface area contributed by atoms with Crippen LogP contribution in [0.25, 0.3) is 0 Å². The van der Waals surface area contributed by atoms with E-state index in [0.29, 0.717) is 4.99 Å². The summed E-state index contributed by atoms with van der Waals surface area (Å²) in [5.74, 6) is 0.786. The minimum atomic E-state index is 0.386. The molecule has 0 aliphatic heterocycles. The van der Waals surface area contributed by atoms with Crippen LogP contribution in [0.5, 0.6) is 0 Å². The second kappa shape index (κ2) is 5.54. The van der Waals surface area contributed by atoms with E-state index in [2.05, 4.69) is 17.2 Å². The van der Waals surface area contributed by atoms with Gasteiger partial charge in [-0.3, -0.25) is 0 Å². The summed E-state index contributed by atoms with van der Waals surface area (Å²) in [7, 11) is 0. The number of rotatable bonds is 5. The third kappa shape index (κ3) is 2.96. The molecule has 0 saturated heterocycles. The first-order valence-corrected chi connectivity index (χ1v) is 5.15. The van der Waals surface area contributed by atoms with E-state index in [-0.39, 0.29) is 0 Å². The Morgan fingerprint density at radius 1 is 1.64 bits per heavy atom. The van der Waals surface area contributed by atoms with Crippen molar-refractivity contribution in [3.63, 3.8) is 0 Å². The fraction of sp³-hybridized carbons (Fsp3) is 0.400. The molecular formula is C10H15N3S. The Morgan fingerprint density at radius 3 is 3.07 bits per heavy atom. The second-order valence-corrected chi connectivity index (χ2v) is 3.48. The molecule has 0 aliphatic carbocycles. The molecule has 1 heterocycles. The minimum Gasteiger partial charge on any atom is -0.389 e. The Morgan fingerprint density at radius 2 is 2.43 bits per heavy atom. The van der Waals surface area contributed by atoms with Gasteiger partial charge in [-0.1, -0.05) is 25.6 Å². The molecule has 4 heteroatoms. The quantitative estimate of drug-likeness (QED) is 0.574. The van der Waals surface area contributed by atoms with Crippen molar-refractivity contribution in [1.82, 2.24) is 4.98 Å². The van der Waals surface area contributed by atoms with Gasteiger partial charge in [-0.25, -0.2) is 4.98 Å². The Labute approximate surface area is 89.7 Å². The molecule has 1 rings (SSSR count). The zero-order valence-corrected chi connectivity index (χ0v) is 9.10. The van der Waals surface area contributed by atoms with Gasteiger partial charge in [0.2, 0.25) is 0 Å². The maximum absolute atomic E-state index is 5.57. The van der Waals surface area contributed by atoms with E-state index >= 15 is 0 Å². The molecule has 3 N–H and O–H groups in total. The van der Waals surface area contributed by atoms with Crippen LogP contribution in [-0.2, 0) is 0 Å². The van der Waals surface area contributed by atoms with Crippen LogP contribution in [0.15, 0.2) is 18.3 Å². The van der Waals surface area contributed by atoms with Gasteiger partial charge in [-0.15, -0.1) is 0 Å². The van der Waals surface area contributed by atoms with Crippen LogP contribution in [0, 0.1) is 0 Å². The van der Waals surface area contributed by atoms with E-state index in [1.165, 1.54) is 0 Å². The lowest BCUT2D eigenvalue weighted by molar-refractivity contribution is 0.831. The van der Waals surface area contributed by atoms with Gasteiger partial charge in [0.15, 0.2) is 0 Å². The maximum Gasteiger partial charge on any atom is 0.136 e. The summed E-state index contributed by atoms with van der Waals surface area (Å²) in [6.07, 6.45) is 4.01. The molecule has 0 radical (unpaired) electrons. The molecule has 0 saturated carbocycles. The van der Waals surface area contributed by atoms with E-state index in [1.54, 1.807) is 6.20 Å². The Balaban J connectivity index is 2.69. The van der Waals surface area contributed by atoms with Crippen molar-refractivity contribution < 1.29 is 0 Å². The van der Waals surface area contributed by atoms with Crippen molar-refractivity contribution in [2.45, 2.75) is 19.8 Å². The van der Waals surface area contributed by atoms with Gasteiger partial charge in [0, 0.05) is 12.7 Å². The molecule has 0 spiro atoms. The molecule has 1 aromatic heterocycles. The van der Waals surface area contributed by atoms with E-state index in [4.69, 9.17) is 18.0 Å². The summed E-state index contributed by atoms with van der Waals surface area (Å²) < 4.78 is 0. The summed E-state index contributed by atoms with van der Waals surface area (Å²) in [5, 5.41) is 3.22. The van der Waals surface area contributed by atoms with E-state index in [9.17, 15) is 0 Å². The van der Waals surface area contributed by atoms with Gasteiger partial charge < -0.3 is 11.1 Å². The number of pyridine rings is 1. The first kappa shape index (κ1) is 10.9. The Hall–Kier alpha value is -1.16. The van der Waals surface area contributed by atoms with Gasteiger partial charge >= 0.3 is 0 Å². The van der Waals surface area contributed by atoms with E-state index in [0.717, 1.165) is 30.8 Å². The number of nitrogens with one attached hydrogen (secondary N) is 1. The number of hydrogen-bond acceptors (Lipinski definition) is 3. The highest BCUT2D eigenvalue weighted by Crippen LogP contribution is 2.10. The number of nitrogens with two attached hydrogens (primary N) is 1. The highest BCUT2D eigenvalue weighted by Gasteiger charge is 2.03. The monoisotopic (exact) mass is 209 g/mol. The summed E-state index contributed by atoms with van der Waals surface area (Å²) in [6, 6.07) is 3.71. The number of thiocarbonyl (C=S) groups is 1. The molecule has 0 aromatic carbocycles. The molecule has 1 aromatic rings. The molecule has 0 amide bonds. The highest BCUT2D eigenvalue weighted by molar-refractivity contribution is 7.80. The van der Waals surface area contributed by atoms with Crippen LogP contribution in [-0.4, -0.2) is 16.5 Å². The number of hydrogen-bond donors (Lipinski definition) is 2. The summed E-state index contributed by atoms with van der Waals surface area (Å²) in [5.41, 5.74) is 6.39. The van der Waals surface area contributed by atoms with Crippen LogP contribution in [0.2, 0.25) is 0 Å². The highest BCUT2D eigenvalue weighted by atomic mass is 32.1.